The van der Waals surface area contributed by atoms with E-state index in [0.29, 0.717) is 16.3 Å². The maximum Gasteiger partial charge on any atom is 0.146 e. The molecule has 0 aromatic heterocycles. The Morgan fingerprint density at radius 3 is 2.26 bits per heavy atom. The Hall–Kier alpha value is -2.00. The van der Waals surface area contributed by atoms with Crippen LogP contribution in [-0.4, -0.2) is 5.84 Å². The fourth-order valence-electron chi connectivity index (χ4n) is 1.87. The van der Waals surface area contributed by atoms with Crippen LogP contribution in [-0.2, 0) is 0 Å². The number of benzene rings is 2. The Morgan fingerprint density at radius 1 is 1.11 bits per heavy atom. The van der Waals surface area contributed by atoms with Crippen molar-refractivity contribution in [1.82, 2.24) is 0 Å². The van der Waals surface area contributed by atoms with Gasteiger partial charge in [0, 0.05) is 5.56 Å². The van der Waals surface area contributed by atoms with Crippen LogP contribution in [0.15, 0.2) is 36.4 Å². The van der Waals surface area contributed by atoms with Crippen molar-refractivity contribution in [2.24, 2.45) is 5.73 Å². The molecule has 0 spiro atoms. The zero-order valence-corrected chi connectivity index (χ0v) is 11.6. The number of hydrogen-bond donors (Lipinski definition) is 2. The third-order valence-corrected chi connectivity index (χ3v) is 2.96. The SMILES string of the molecule is Cc1cc(C)cc(Oc2ccc(C(=N)N)cc2Cl)c1. The molecule has 0 fully saturated rings. The molecule has 0 bridgehead atoms. The fraction of sp³-hybridized carbons (Fsp3) is 0.133. The Kier molecular flexibility index (Phi) is 3.76. The smallest absolute Gasteiger partial charge is 0.146 e. The van der Waals surface area contributed by atoms with E-state index in [-0.39, 0.29) is 5.84 Å². The topological polar surface area (TPSA) is 59.1 Å². The van der Waals surface area contributed by atoms with Gasteiger partial charge in [-0.25, -0.2) is 0 Å². The second kappa shape index (κ2) is 5.33. The number of amidine groups is 1. The number of aryl methyl sites for hydroxylation is 2. The summed E-state index contributed by atoms with van der Waals surface area (Å²) in [5.74, 6) is 1.28. The van der Waals surface area contributed by atoms with Crippen molar-refractivity contribution in [2.45, 2.75) is 13.8 Å². The lowest BCUT2D eigenvalue weighted by Gasteiger charge is -2.10. The van der Waals surface area contributed by atoms with Crippen LogP contribution in [0.4, 0.5) is 0 Å². The summed E-state index contributed by atoms with van der Waals surface area (Å²) in [5.41, 5.74) is 8.25. The van der Waals surface area contributed by atoms with Gasteiger partial charge in [-0.2, -0.15) is 0 Å². The number of ether oxygens (including phenoxy) is 1. The molecule has 0 amide bonds. The van der Waals surface area contributed by atoms with Gasteiger partial charge in [0.25, 0.3) is 0 Å². The zero-order valence-electron chi connectivity index (χ0n) is 10.8. The van der Waals surface area contributed by atoms with Crippen LogP contribution in [0.5, 0.6) is 11.5 Å². The molecule has 2 aromatic carbocycles. The van der Waals surface area contributed by atoms with E-state index in [2.05, 4.69) is 6.07 Å². The van der Waals surface area contributed by atoms with Crippen LogP contribution < -0.4 is 10.5 Å². The Balaban J connectivity index is 2.30. The molecule has 0 heterocycles. The number of nitrogens with one attached hydrogen (secondary N) is 1. The van der Waals surface area contributed by atoms with Crippen LogP contribution in [0, 0.1) is 19.3 Å². The summed E-state index contributed by atoms with van der Waals surface area (Å²) >= 11 is 6.13. The van der Waals surface area contributed by atoms with Crippen LogP contribution in [0.1, 0.15) is 16.7 Å². The molecule has 3 nitrogen and oxygen atoms in total. The molecule has 0 atom stereocenters. The second-order valence-corrected chi connectivity index (χ2v) is 4.89. The highest BCUT2D eigenvalue weighted by molar-refractivity contribution is 6.32. The Bertz CT molecular complexity index is 618. The molecule has 2 rings (SSSR count). The lowest BCUT2D eigenvalue weighted by molar-refractivity contribution is 0.482. The van der Waals surface area contributed by atoms with Gasteiger partial charge in [0.2, 0.25) is 0 Å². The first-order valence-corrected chi connectivity index (χ1v) is 6.23. The van der Waals surface area contributed by atoms with Gasteiger partial charge >= 0.3 is 0 Å². The average Bonchev–Trinajstić information content (AvgIpc) is 2.30. The van der Waals surface area contributed by atoms with Gasteiger partial charge in [-0.3, -0.25) is 5.41 Å². The molecule has 98 valence electrons. The fourth-order valence-corrected chi connectivity index (χ4v) is 2.09. The van der Waals surface area contributed by atoms with Crippen LogP contribution in [0.25, 0.3) is 0 Å². The molecular weight excluding hydrogens is 260 g/mol. The summed E-state index contributed by atoms with van der Waals surface area (Å²) < 4.78 is 5.76. The molecule has 0 aliphatic rings. The third kappa shape index (κ3) is 3.26. The highest BCUT2D eigenvalue weighted by atomic mass is 35.5. The van der Waals surface area contributed by atoms with Crippen molar-refractivity contribution in [2.75, 3.05) is 0 Å². The normalized spacial score (nSPS) is 10.3. The monoisotopic (exact) mass is 274 g/mol. The van der Waals surface area contributed by atoms with Crippen LogP contribution >= 0.6 is 11.6 Å². The minimum Gasteiger partial charge on any atom is -0.456 e. The summed E-state index contributed by atoms with van der Waals surface area (Å²) in [6.45, 7) is 4.03. The molecular formula is C15H15ClN2O. The molecule has 0 unspecified atom stereocenters. The van der Waals surface area contributed by atoms with Crippen molar-refractivity contribution < 1.29 is 4.74 Å². The minimum absolute atomic E-state index is 0.0140. The number of rotatable bonds is 3. The zero-order chi connectivity index (χ0) is 14.0. The number of nitrogens with two attached hydrogens (primary N) is 1. The number of halogens is 1. The largest absolute Gasteiger partial charge is 0.456 e. The van der Waals surface area contributed by atoms with Gasteiger partial charge in [-0.1, -0.05) is 17.7 Å². The minimum atomic E-state index is -0.0140. The lowest BCUT2D eigenvalue weighted by Crippen LogP contribution is -2.10. The average molecular weight is 275 g/mol. The summed E-state index contributed by atoms with van der Waals surface area (Å²) in [5, 5.41) is 7.80. The predicted molar refractivity (Wildman–Crippen MR) is 78.5 cm³/mol. The van der Waals surface area contributed by atoms with Crippen molar-refractivity contribution in [3.05, 3.63) is 58.1 Å². The van der Waals surface area contributed by atoms with E-state index in [1.54, 1.807) is 18.2 Å². The van der Waals surface area contributed by atoms with E-state index < -0.39 is 0 Å². The summed E-state index contributed by atoms with van der Waals surface area (Å²) in [6.07, 6.45) is 0. The van der Waals surface area contributed by atoms with Gasteiger partial charge in [0.15, 0.2) is 0 Å². The second-order valence-electron chi connectivity index (χ2n) is 4.48. The van der Waals surface area contributed by atoms with Crippen molar-refractivity contribution in [3.8, 4) is 11.5 Å². The highest BCUT2D eigenvalue weighted by Crippen LogP contribution is 2.30. The summed E-state index contributed by atoms with van der Waals surface area (Å²) in [4.78, 5) is 0. The van der Waals surface area contributed by atoms with Gasteiger partial charge in [-0.05, 0) is 55.3 Å². The van der Waals surface area contributed by atoms with E-state index in [1.807, 2.05) is 26.0 Å². The standard InChI is InChI=1S/C15H15ClN2O/c1-9-5-10(2)7-12(6-9)19-14-4-3-11(15(17)18)8-13(14)16/h3-8H,1-2H3,(H3,17,18). The summed E-state index contributed by atoms with van der Waals surface area (Å²) in [6, 6.07) is 11.0. The highest BCUT2D eigenvalue weighted by Gasteiger charge is 2.06. The molecule has 0 aliphatic heterocycles. The quantitative estimate of drug-likeness (QED) is 0.656. The van der Waals surface area contributed by atoms with Gasteiger partial charge in [0.05, 0.1) is 5.02 Å². The maximum absolute atomic E-state index is 7.36. The molecule has 0 radical (unpaired) electrons. The first-order valence-electron chi connectivity index (χ1n) is 5.86. The van der Waals surface area contributed by atoms with Crippen molar-refractivity contribution in [1.29, 1.82) is 5.41 Å². The molecule has 0 saturated heterocycles. The van der Waals surface area contributed by atoms with Gasteiger partial charge in [-0.15, -0.1) is 0 Å². The molecule has 3 N–H and O–H groups in total. The van der Waals surface area contributed by atoms with E-state index >= 15 is 0 Å². The predicted octanol–water partition coefficient (Wildman–Crippen LogP) is 4.03. The van der Waals surface area contributed by atoms with Crippen molar-refractivity contribution in [3.63, 3.8) is 0 Å². The summed E-state index contributed by atoms with van der Waals surface area (Å²) in [7, 11) is 0. The maximum atomic E-state index is 7.36. The van der Waals surface area contributed by atoms with Crippen LogP contribution in [0.3, 0.4) is 0 Å². The van der Waals surface area contributed by atoms with E-state index in [4.69, 9.17) is 27.5 Å². The van der Waals surface area contributed by atoms with Gasteiger partial charge < -0.3 is 10.5 Å². The van der Waals surface area contributed by atoms with E-state index in [0.717, 1.165) is 16.9 Å². The first kappa shape index (κ1) is 13.4. The molecule has 2 aromatic rings. The third-order valence-electron chi connectivity index (χ3n) is 2.67. The first-order chi connectivity index (χ1) is 8.95. The van der Waals surface area contributed by atoms with E-state index in [9.17, 15) is 0 Å². The number of nitrogen functional groups attached to an aromatic ring is 1. The lowest BCUT2D eigenvalue weighted by atomic mass is 10.1. The molecule has 0 aliphatic carbocycles. The molecule has 19 heavy (non-hydrogen) atoms. The van der Waals surface area contributed by atoms with Gasteiger partial charge in [0.1, 0.15) is 17.3 Å². The molecule has 0 saturated carbocycles. The number of hydrogen-bond acceptors (Lipinski definition) is 2. The van der Waals surface area contributed by atoms with Crippen LogP contribution in [0.2, 0.25) is 5.02 Å². The van der Waals surface area contributed by atoms with E-state index in [1.165, 1.54) is 0 Å². The Labute approximate surface area is 117 Å². The molecule has 4 heteroatoms. The Morgan fingerprint density at radius 2 is 1.74 bits per heavy atom. The van der Waals surface area contributed by atoms with Crippen molar-refractivity contribution >= 4 is 17.4 Å².